The first-order valence-electron chi connectivity index (χ1n) is 3.22. The van der Waals surface area contributed by atoms with E-state index in [2.05, 4.69) is 23.9 Å². The van der Waals surface area contributed by atoms with Crippen LogP contribution < -0.4 is 0 Å². The van der Waals surface area contributed by atoms with Crippen molar-refractivity contribution in [3.05, 3.63) is 0 Å². The highest BCUT2D eigenvalue weighted by atomic mass is 16.6. The predicted molar refractivity (Wildman–Crippen MR) is 36.3 cm³/mol. The molecule has 0 radical (unpaired) electrons. The van der Waals surface area contributed by atoms with Crippen LogP contribution in [0.3, 0.4) is 0 Å². The van der Waals surface area contributed by atoms with Crippen molar-refractivity contribution in [2.75, 3.05) is 13.2 Å². The maximum absolute atomic E-state index is 4.78. The second kappa shape index (κ2) is 2.71. The molecule has 1 aliphatic heterocycles. The molecule has 0 unspecified atom stereocenters. The van der Waals surface area contributed by atoms with Gasteiger partial charge in [-0.2, -0.15) is 0 Å². The van der Waals surface area contributed by atoms with E-state index < -0.39 is 0 Å². The van der Waals surface area contributed by atoms with Gasteiger partial charge in [0.1, 0.15) is 12.9 Å². The molecule has 52 valence electrons. The van der Waals surface area contributed by atoms with Gasteiger partial charge in [-0.3, -0.25) is 0 Å². The Kier molecular flexibility index (Phi) is 1.92. The third kappa shape index (κ3) is 1.59. The molecule has 0 N–H and O–H groups in total. The van der Waals surface area contributed by atoms with E-state index in [4.69, 9.17) is 4.84 Å². The summed E-state index contributed by atoms with van der Waals surface area (Å²) >= 11 is 0. The van der Waals surface area contributed by atoms with E-state index in [0.29, 0.717) is 12.6 Å². The molecule has 9 heavy (non-hydrogen) atoms. The maximum Gasteiger partial charge on any atom is 0.134 e. The molecule has 1 heterocycles. The molecule has 0 aliphatic carbocycles. The van der Waals surface area contributed by atoms with Crippen LogP contribution in [0.15, 0.2) is 5.16 Å². The molecule has 0 atom stereocenters. The van der Waals surface area contributed by atoms with Crippen LogP contribution in [0.4, 0.5) is 0 Å². The molecule has 3 heteroatoms. The molecule has 0 aromatic heterocycles. The Morgan fingerprint density at radius 3 is 2.78 bits per heavy atom. The van der Waals surface area contributed by atoms with Gasteiger partial charge in [-0.25, -0.2) is 0 Å². The molecule has 0 bridgehead atoms. The van der Waals surface area contributed by atoms with Gasteiger partial charge in [-0.05, 0) is 13.8 Å². The molecule has 0 fully saturated rings. The van der Waals surface area contributed by atoms with Crippen molar-refractivity contribution in [2.45, 2.75) is 19.9 Å². The normalized spacial score (nSPS) is 18.3. The zero-order valence-corrected chi connectivity index (χ0v) is 5.87. The van der Waals surface area contributed by atoms with Crippen LogP contribution in [0.1, 0.15) is 13.8 Å². The summed E-state index contributed by atoms with van der Waals surface area (Å²) in [6, 6.07) is 0.539. The van der Waals surface area contributed by atoms with Gasteiger partial charge in [0, 0.05) is 6.04 Å². The van der Waals surface area contributed by atoms with Crippen molar-refractivity contribution in [3.8, 4) is 0 Å². The first-order valence-corrected chi connectivity index (χ1v) is 3.22. The Morgan fingerprint density at radius 2 is 2.44 bits per heavy atom. The second-order valence-corrected chi connectivity index (χ2v) is 2.39. The summed E-state index contributed by atoms with van der Waals surface area (Å²) in [6.07, 6.45) is 1.74. The van der Waals surface area contributed by atoms with Gasteiger partial charge in [-0.1, -0.05) is 5.16 Å². The topological polar surface area (TPSA) is 24.8 Å². The van der Waals surface area contributed by atoms with Crippen LogP contribution in [0.25, 0.3) is 0 Å². The van der Waals surface area contributed by atoms with E-state index in [1.807, 2.05) is 0 Å². The van der Waals surface area contributed by atoms with Crippen molar-refractivity contribution in [3.63, 3.8) is 0 Å². The maximum atomic E-state index is 4.78. The Hall–Kier alpha value is -0.730. The fourth-order valence-electron chi connectivity index (χ4n) is 0.742. The lowest BCUT2D eigenvalue weighted by molar-refractivity contribution is 0.0988. The molecule has 0 saturated carbocycles. The molecule has 0 saturated heterocycles. The molecule has 0 amide bonds. The Balaban J connectivity index is 2.40. The fourth-order valence-corrected chi connectivity index (χ4v) is 0.742. The van der Waals surface area contributed by atoms with Gasteiger partial charge in [0.25, 0.3) is 0 Å². The molecular formula is C6H12N2O. The van der Waals surface area contributed by atoms with Gasteiger partial charge in [-0.15, -0.1) is 0 Å². The highest BCUT2D eigenvalue weighted by molar-refractivity contribution is 5.54. The van der Waals surface area contributed by atoms with Crippen LogP contribution in [0.2, 0.25) is 0 Å². The lowest BCUT2D eigenvalue weighted by atomic mass is 10.3. The lowest BCUT2D eigenvalue weighted by Crippen LogP contribution is -2.34. The second-order valence-electron chi connectivity index (χ2n) is 2.39. The van der Waals surface area contributed by atoms with E-state index in [-0.39, 0.29) is 0 Å². The first-order chi connectivity index (χ1) is 4.30. The quantitative estimate of drug-likeness (QED) is 0.518. The summed E-state index contributed by atoms with van der Waals surface area (Å²) in [6.45, 7) is 5.95. The zero-order chi connectivity index (χ0) is 6.69. The third-order valence-corrected chi connectivity index (χ3v) is 1.37. The van der Waals surface area contributed by atoms with Crippen molar-refractivity contribution in [1.82, 2.24) is 4.90 Å². The highest BCUT2D eigenvalue weighted by Crippen LogP contribution is 1.98. The van der Waals surface area contributed by atoms with Crippen LogP contribution in [-0.4, -0.2) is 30.4 Å². The smallest absolute Gasteiger partial charge is 0.134 e. The molecule has 0 aromatic rings. The number of hydrogen-bond donors (Lipinski definition) is 0. The molecule has 0 aromatic carbocycles. The molecule has 1 aliphatic rings. The third-order valence-electron chi connectivity index (χ3n) is 1.37. The molecule has 1 rings (SSSR count). The van der Waals surface area contributed by atoms with Crippen LogP contribution in [0, 0.1) is 0 Å². The minimum absolute atomic E-state index is 0.539. The number of rotatable bonds is 1. The van der Waals surface area contributed by atoms with Crippen molar-refractivity contribution < 1.29 is 4.84 Å². The van der Waals surface area contributed by atoms with Crippen LogP contribution >= 0.6 is 0 Å². The van der Waals surface area contributed by atoms with Crippen LogP contribution in [-0.2, 0) is 4.84 Å². The standard InChI is InChI=1S/C6H12N2O/c1-6(2)8-3-4-9-7-5-8/h5-6H,3-4H2,1-2H3. The van der Waals surface area contributed by atoms with Crippen molar-refractivity contribution >= 4 is 6.34 Å². The SMILES string of the molecule is CC(C)N1C=NOCC1. The monoisotopic (exact) mass is 128 g/mol. The Labute approximate surface area is 55.3 Å². The van der Waals surface area contributed by atoms with Gasteiger partial charge < -0.3 is 9.74 Å². The summed E-state index contributed by atoms with van der Waals surface area (Å²) in [5.41, 5.74) is 0. The first kappa shape index (κ1) is 6.39. The van der Waals surface area contributed by atoms with Gasteiger partial charge >= 0.3 is 0 Å². The predicted octanol–water partition coefficient (Wildman–Crippen LogP) is 0.670. The molecule has 3 nitrogen and oxygen atoms in total. The fraction of sp³-hybridized carbons (Fsp3) is 0.833. The minimum Gasteiger partial charge on any atom is -0.393 e. The van der Waals surface area contributed by atoms with Crippen molar-refractivity contribution in [2.24, 2.45) is 5.16 Å². The van der Waals surface area contributed by atoms with Gasteiger partial charge in [0.05, 0.1) is 6.54 Å². The van der Waals surface area contributed by atoms with Gasteiger partial charge in [0.2, 0.25) is 0 Å². The summed E-state index contributed by atoms with van der Waals surface area (Å²) in [5.74, 6) is 0. The summed E-state index contributed by atoms with van der Waals surface area (Å²) in [7, 11) is 0. The van der Waals surface area contributed by atoms with E-state index in [1.165, 1.54) is 0 Å². The molecular weight excluding hydrogens is 116 g/mol. The summed E-state index contributed by atoms with van der Waals surface area (Å²) < 4.78 is 0. The average Bonchev–Trinajstić information content (AvgIpc) is 1.90. The highest BCUT2D eigenvalue weighted by Gasteiger charge is 2.07. The Morgan fingerprint density at radius 1 is 1.67 bits per heavy atom. The van der Waals surface area contributed by atoms with E-state index in [0.717, 1.165) is 6.54 Å². The van der Waals surface area contributed by atoms with E-state index in [9.17, 15) is 0 Å². The minimum atomic E-state index is 0.539. The average molecular weight is 128 g/mol. The summed E-state index contributed by atoms with van der Waals surface area (Å²) in [5, 5.41) is 3.68. The lowest BCUT2D eigenvalue weighted by Gasteiger charge is -2.25. The number of nitrogens with zero attached hydrogens (tertiary/aromatic N) is 2. The van der Waals surface area contributed by atoms with E-state index in [1.54, 1.807) is 6.34 Å². The number of oxime groups is 1. The van der Waals surface area contributed by atoms with Gasteiger partial charge in [0.15, 0.2) is 0 Å². The van der Waals surface area contributed by atoms with Crippen molar-refractivity contribution in [1.29, 1.82) is 0 Å². The van der Waals surface area contributed by atoms with E-state index >= 15 is 0 Å². The molecule has 0 spiro atoms. The largest absolute Gasteiger partial charge is 0.393 e. The summed E-state index contributed by atoms with van der Waals surface area (Å²) in [4.78, 5) is 6.92. The Bertz CT molecular complexity index is 112. The zero-order valence-electron chi connectivity index (χ0n) is 5.87. The van der Waals surface area contributed by atoms with Crippen LogP contribution in [0.5, 0.6) is 0 Å². The number of hydrogen-bond acceptors (Lipinski definition) is 3.